The van der Waals surface area contributed by atoms with E-state index < -0.39 is 5.54 Å². The predicted octanol–water partition coefficient (Wildman–Crippen LogP) is 1.93. The zero-order valence-corrected chi connectivity index (χ0v) is 11.3. The summed E-state index contributed by atoms with van der Waals surface area (Å²) in [5, 5.41) is 4.05. The molecule has 2 heterocycles. The summed E-state index contributed by atoms with van der Waals surface area (Å²) in [5.41, 5.74) is 6.50. The van der Waals surface area contributed by atoms with Crippen LogP contribution in [0, 0.1) is 0 Å². The van der Waals surface area contributed by atoms with Crippen molar-refractivity contribution in [1.29, 1.82) is 0 Å². The molecule has 0 unspecified atom stereocenters. The molecule has 20 heavy (non-hydrogen) atoms. The van der Waals surface area contributed by atoms with Gasteiger partial charge < -0.3 is 15.2 Å². The summed E-state index contributed by atoms with van der Waals surface area (Å²) in [6, 6.07) is 3.09. The van der Waals surface area contributed by atoms with Crippen molar-refractivity contribution >= 4 is 0 Å². The first-order chi connectivity index (χ1) is 9.67. The van der Waals surface area contributed by atoms with Gasteiger partial charge in [-0.25, -0.2) is 0 Å². The lowest BCUT2D eigenvalue weighted by Gasteiger charge is -2.23. The van der Waals surface area contributed by atoms with Crippen molar-refractivity contribution in [3.63, 3.8) is 0 Å². The Morgan fingerprint density at radius 1 is 1.20 bits per heavy atom. The third kappa shape index (κ3) is 2.51. The fourth-order valence-electron chi connectivity index (χ4n) is 2.67. The van der Waals surface area contributed by atoms with Gasteiger partial charge in [0.15, 0.2) is 5.82 Å². The molecule has 3 N–H and O–H groups in total. The van der Waals surface area contributed by atoms with E-state index in [1.165, 1.54) is 18.9 Å². The summed E-state index contributed by atoms with van der Waals surface area (Å²) in [6.45, 7) is 0. The lowest BCUT2D eigenvalue weighted by molar-refractivity contribution is 0.334. The molecule has 0 saturated heterocycles. The summed E-state index contributed by atoms with van der Waals surface area (Å²) in [7, 11) is 0. The standard InChI is InChI=1S/C14H18N4O2/c15-14(7-3-1-2-4-8-14)13-17-12(20-18-13)10-5-6-11(19)16-9-10/h5-6,9H,1-4,7-8,15H2,(H,16,19). The molecule has 1 aliphatic carbocycles. The van der Waals surface area contributed by atoms with Gasteiger partial charge in [-0.1, -0.05) is 30.8 Å². The lowest BCUT2D eigenvalue weighted by atomic mass is 9.91. The normalized spacial score (nSPS) is 18.6. The molecule has 6 heteroatoms. The number of hydrogen-bond donors (Lipinski definition) is 2. The van der Waals surface area contributed by atoms with Crippen LogP contribution < -0.4 is 11.3 Å². The molecule has 2 aromatic heterocycles. The highest BCUT2D eigenvalue weighted by Crippen LogP contribution is 2.32. The Hall–Kier alpha value is -1.95. The maximum Gasteiger partial charge on any atom is 0.259 e. The Balaban J connectivity index is 1.89. The molecule has 2 aromatic rings. The molecular weight excluding hydrogens is 256 g/mol. The van der Waals surface area contributed by atoms with Gasteiger partial charge in [0.25, 0.3) is 5.89 Å². The lowest BCUT2D eigenvalue weighted by Crippen LogP contribution is -2.37. The zero-order chi connectivity index (χ0) is 14.0. The Kier molecular flexibility index (Phi) is 3.40. The molecule has 1 saturated carbocycles. The molecule has 0 spiro atoms. The number of nitrogens with one attached hydrogen (secondary N) is 1. The van der Waals surface area contributed by atoms with Crippen LogP contribution in [-0.4, -0.2) is 15.1 Å². The summed E-state index contributed by atoms with van der Waals surface area (Å²) >= 11 is 0. The van der Waals surface area contributed by atoms with E-state index in [1.54, 1.807) is 12.3 Å². The molecule has 1 aliphatic rings. The second kappa shape index (κ2) is 5.20. The van der Waals surface area contributed by atoms with Crippen molar-refractivity contribution in [3.8, 4) is 11.5 Å². The molecule has 0 amide bonds. The van der Waals surface area contributed by atoms with E-state index >= 15 is 0 Å². The smallest absolute Gasteiger partial charge is 0.259 e. The predicted molar refractivity (Wildman–Crippen MR) is 73.9 cm³/mol. The highest BCUT2D eigenvalue weighted by Gasteiger charge is 2.33. The fourth-order valence-corrected chi connectivity index (χ4v) is 2.67. The van der Waals surface area contributed by atoms with Crippen molar-refractivity contribution in [2.75, 3.05) is 0 Å². The van der Waals surface area contributed by atoms with Gasteiger partial charge in [0.05, 0.1) is 11.1 Å². The van der Waals surface area contributed by atoms with Crippen LogP contribution in [0.5, 0.6) is 0 Å². The minimum absolute atomic E-state index is 0.160. The van der Waals surface area contributed by atoms with Gasteiger partial charge in [0, 0.05) is 12.3 Å². The van der Waals surface area contributed by atoms with Crippen LogP contribution in [0.15, 0.2) is 27.6 Å². The van der Waals surface area contributed by atoms with Crippen LogP contribution in [0.25, 0.3) is 11.5 Å². The third-order valence-corrected chi connectivity index (χ3v) is 3.90. The number of H-pyrrole nitrogens is 1. The maximum absolute atomic E-state index is 11.1. The van der Waals surface area contributed by atoms with Crippen molar-refractivity contribution in [1.82, 2.24) is 15.1 Å². The summed E-state index contributed by atoms with van der Waals surface area (Å²) in [4.78, 5) is 18.1. The molecule has 0 aliphatic heterocycles. The van der Waals surface area contributed by atoms with Crippen LogP contribution in [0.4, 0.5) is 0 Å². The van der Waals surface area contributed by atoms with Crippen molar-refractivity contribution in [3.05, 3.63) is 34.5 Å². The van der Waals surface area contributed by atoms with E-state index in [0.717, 1.165) is 25.7 Å². The number of nitrogens with zero attached hydrogens (tertiary/aromatic N) is 2. The zero-order valence-electron chi connectivity index (χ0n) is 11.3. The number of aromatic nitrogens is 3. The quantitative estimate of drug-likeness (QED) is 0.815. The molecule has 0 radical (unpaired) electrons. The highest BCUT2D eigenvalue weighted by molar-refractivity contribution is 5.50. The first-order valence-corrected chi connectivity index (χ1v) is 7.00. The van der Waals surface area contributed by atoms with Gasteiger partial charge in [-0.15, -0.1) is 0 Å². The molecule has 106 valence electrons. The minimum atomic E-state index is -0.486. The van der Waals surface area contributed by atoms with E-state index in [0.29, 0.717) is 17.3 Å². The van der Waals surface area contributed by atoms with Crippen LogP contribution in [-0.2, 0) is 5.54 Å². The summed E-state index contributed by atoms with van der Waals surface area (Å²) in [6.07, 6.45) is 7.95. The Labute approximate surface area is 116 Å². The van der Waals surface area contributed by atoms with E-state index in [1.807, 2.05) is 0 Å². The van der Waals surface area contributed by atoms with Crippen molar-refractivity contribution in [2.45, 2.75) is 44.1 Å². The van der Waals surface area contributed by atoms with Gasteiger partial charge in [0.1, 0.15) is 0 Å². The molecular formula is C14H18N4O2. The minimum Gasteiger partial charge on any atom is -0.334 e. The largest absolute Gasteiger partial charge is 0.334 e. The van der Waals surface area contributed by atoms with E-state index in [4.69, 9.17) is 10.3 Å². The Morgan fingerprint density at radius 2 is 1.95 bits per heavy atom. The van der Waals surface area contributed by atoms with Gasteiger partial charge in [-0.2, -0.15) is 4.98 Å². The van der Waals surface area contributed by atoms with Gasteiger partial charge in [-0.05, 0) is 18.9 Å². The molecule has 3 rings (SSSR count). The van der Waals surface area contributed by atoms with E-state index in [2.05, 4.69) is 15.1 Å². The number of nitrogens with two attached hydrogens (primary N) is 1. The average Bonchev–Trinajstić information content (AvgIpc) is 2.84. The van der Waals surface area contributed by atoms with E-state index in [-0.39, 0.29) is 5.56 Å². The van der Waals surface area contributed by atoms with Crippen molar-refractivity contribution in [2.24, 2.45) is 5.73 Å². The molecule has 1 fully saturated rings. The van der Waals surface area contributed by atoms with Gasteiger partial charge in [-0.3, -0.25) is 4.79 Å². The topological polar surface area (TPSA) is 97.8 Å². The van der Waals surface area contributed by atoms with Crippen LogP contribution in [0.3, 0.4) is 0 Å². The number of pyridine rings is 1. The SMILES string of the molecule is NC1(c2noc(-c3ccc(=O)[nH]c3)n2)CCCCCC1. The molecule has 0 atom stereocenters. The summed E-state index contributed by atoms with van der Waals surface area (Å²) < 4.78 is 5.29. The monoisotopic (exact) mass is 274 g/mol. The average molecular weight is 274 g/mol. The molecule has 6 nitrogen and oxygen atoms in total. The fraction of sp³-hybridized carbons (Fsp3) is 0.500. The van der Waals surface area contributed by atoms with Crippen molar-refractivity contribution < 1.29 is 4.52 Å². The first-order valence-electron chi connectivity index (χ1n) is 7.00. The van der Waals surface area contributed by atoms with Crippen LogP contribution >= 0.6 is 0 Å². The number of hydrogen-bond acceptors (Lipinski definition) is 5. The summed E-state index contributed by atoms with van der Waals surface area (Å²) in [5.74, 6) is 0.964. The second-order valence-electron chi connectivity index (χ2n) is 5.44. The van der Waals surface area contributed by atoms with Crippen LogP contribution in [0.2, 0.25) is 0 Å². The van der Waals surface area contributed by atoms with Gasteiger partial charge in [0.2, 0.25) is 5.56 Å². The van der Waals surface area contributed by atoms with E-state index in [9.17, 15) is 4.79 Å². The number of aromatic amines is 1. The molecule has 0 bridgehead atoms. The highest BCUT2D eigenvalue weighted by atomic mass is 16.5. The second-order valence-corrected chi connectivity index (χ2v) is 5.44. The molecule has 0 aromatic carbocycles. The Morgan fingerprint density at radius 3 is 2.60 bits per heavy atom. The first kappa shape index (κ1) is 13.1. The third-order valence-electron chi connectivity index (χ3n) is 3.90. The van der Waals surface area contributed by atoms with Gasteiger partial charge >= 0.3 is 0 Å². The van der Waals surface area contributed by atoms with Crippen LogP contribution in [0.1, 0.15) is 44.3 Å². The number of rotatable bonds is 2. The Bertz CT molecular complexity index is 618. The maximum atomic E-state index is 11.1.